The number of benzene rings is 1. The van der Waals surface area contributed by atoms with Crippen LogP contribution in [0.15, 0.2) is 30.3 Å². The Morgan fingerprint density at radius 2 is 2.00 bits per heavy atom. The molecule has 1 aromatic rings. The standard InChI is InChI=1S/C19H26N2O2/c1-18(8-9-18)17(22)21-13-19(14-21)10-16(12-23-19)20(2)11-15-6-4-3-5-7-15/h3-7,16H,8-14H2,1-2H3. The van der Waals surface area contributed by atoms with E-state index in [1.165, 1.54) is 5.56 Å². The molecule has 23 heavy (non-hydrogen) atoms. The minimum Gasteiger partial charge on any atom is -0.370 e. The van der Waals surface area contributed by atoms with Gasteiger partial charge in [0, 0.05) is 18.0 Å². The quantitative estimate of drug-likeness (QED) is 0.855. The van der Waals surface area contributed by atoms with Gasteiger partial charge in [-0.25, -0.2) is 0 Å². The molecule has 3 fully saturated rings. The van der Waals surface area contributed by atoms with Gasteiger partial charge in [-0.15, -0.1) is 0 Å². The predicted octanol–water partition coefficient (Wildman–Crippen LogP) is 2.29. The van der Waals surface area contributed by atoms with Crippen molar-refractivity contribution in [1.29, 1.82) is 0 Å². The molecule has 2 aliphatic heterocycles. The van der Waals surface area contributed by atoms with Gasteiger partial charge in [0.1, 0.15) is 5.60 Å². The molecule has 4 nitrogen and oxygen atoms in total. The number of carbonyl (C=O) groups is 1. The van der Waals surface area contributed by atoms with Crippen LogP contribution in [0.4, 0.5) is 0 Å². The zero-order valence-corrected chi connectivity index (χ0v) is 14.1. The van der Waals surface area contributed by atoms with Crippen LogP contribution in [0, 0.1) is 5.41 Å². The largest absolute Gasteiger partial charge is 0.370 e. The number of hydrogen-bond donors (Lipinski definition) is 0. The van der Waals surface area contributed by atoms with Crippen LogP contribution in [0.2, 0.25) is 0 Å². The summed E-state index contributed by atoms with van der Waals surface area (Å²) in [6.45, 7) is 5.40. The van der Waals surface area contributed by atoms with Gasteiger partial charge in [0.2, 0.25) is 5.91 Å². The van der Waals surface area contributed by atoms with Crippen molar-refractivity contribution >= 4 is 5.91 Å². The summed E-state index contributed by atoms with van der Waals surface area (Å²) in [4.78, 5) is 16.8. The van der Waals surface area contributed by atoms with Gasteiger partial charge in [0.15, 0.2) is 0 Å². The number of nitrogens with zero attached hydrogens (tertiary/aromatic N) is 2. The predicted molar refractivity (Wildman–Crippen MR) is 88.9 cm³/mol. The van der Waals surface area contributed by atoms with E-state index >= 15 is 0 Å². The SMILES string of the molecule is CN(Cc1ccccc1)C1COC2(C1)CN(C(=O)C1(C)CC1)C2. The highest BCUT2D eigenvalue weighted by Crippen LogP contribution is 2.49. The van der Waals surface area contributed by atoms with Gasteiger partial charge < -0.3 is 9.64 Å². The molecule has 0 N–H and O–H groups in total. The molecule has 0 bridgehead atoms. The minimum atomic E-state index is -0.0729. The fourth-order valence-electron chi connectivity index (χ4n) is 3.90. The number of likely N-dealkylation sites (N-methyl/N-ethyl adjacent to an activating group) is 1. The van der Waals surface area contributed by atoms with E-state index in [4.69, 9.17) is 4.74 Å². The van der Waals surface area contributed by atoms with Crippen molar-refractivity contribution in [2.24, 2.45) is 5.41 Å². The number of rotatable bonds is 4. The highest BCUT2D eigenvalue weighted by molar-refractivity contribution is 5.85. The summed E-state index contributed by atoms with van der Waals surface area (Å²) >= 11 is 0. The minimum absolute atomic E-state index is 0.0519. The van der Waals surface area contributed by atoms with Crippen molar-refractivity contribution in [3.63, 3.8) is 0 Å². The van der Waals surface area contributed by atoms with Crippen molar-refractivity contribution in [2.75, 3.05) is 26.7 Å². The molecule has 1 aromatic carbocycles. The second kappa shape index (κ2) is 5.32. The normalized spacial score (nSPS) is 27.3. The second-order valence-electron chi connectivity index (χ2n) is 7.97. The van der Waals surface area contributed by atoms with Crippen LogP contribution in [0.5, 0.6) is 0 Å². The Bertz CT molecular complexity index is 591. The Labute approximate surface area is 138 Å². The van der Waals surface area contributed by atoms with Crippen LogP contribution in [0.3, 0.4) is 0 Å². The number of hydrogen-bond acceptors (Lipinski definition) is 3. The maximum atomic E-state index is 12.4. The van der Waals surface area contributed by atoms with E-state index in [9.17, 15) is 4.79 Å². The van der Waals surface area contributed by atoms with Crippen LogP contribution < -0.4 is 0 Å². The van der Waals surface area contributed by atoms with E-state index < -0.39 is 0 Å². The van der Waals surface area contributed by atoms with Crippen molar-refractivity contribution in [3.05, 3.63) is 35.9 Å². The molecule has 1 spiro atoms. The zero-order chi connectivity index (χ0) is 16.1. The lowest BCUT2D eigenvalue weighted by molar-refractivity contribution is -0.162. The molecule has 1 amide bonds. The first-order valence-corrected chi connectivity index (χ1v) is 8.67. The monoisotopic (exact) mass is 314 g/mol. The Balaban J connectivity index is 1.31. The van der Waals surface area contributed by atoms with Gasteiger partial charge in [0.25, 0.3) is 0 Å². The topological polar surface area (TPSA) is 32.8 Å². The Hall–Kier alpha value is -1.39. The summed E-state index contributed by atoms with van der Waals surface area (Å²) in [6, 6.07) is 11.0. The van der Waals surface area contributed by atoms with Gasteiger partial charge in [-0.1, -0.05) is 37.3 Å². The molecule has 1 atom stereocenters. The Morgan fingerprint density at radius 3 is 2.65 bits per heavy atom. The van der Waals surface area contributed by atoms with Crippen LogP contribution in [0.25, 0.3) is 0 Å². The molecule has 0 aromatic heterocycles. The molecule has 3 aliphatic rings. The third kappa shape index (κ3) is 2.79. The maximum absolute atomic E-state index is 12.4. The van der Waals surface area contributed by atoms with E-state index in [1.807, 2.05) is 4.90 Å². The molecule has 1 aliphatic carbocycles. The summed E-state index contributed by atoms with van der Waals surface area (Å²) in [5, 5.41) is 0. The smallest absolute Gasteiger partial charge is 0.228 e. The number of ether oxygens (including phenoxy) is 1. The number of carbonyl (C=O) groups excluding carboxylic acids is 1. The second-order valence-corrected chi connectivity index (χ2v) is 7.97. The van der Waals surface area contributed by atoms with Gasteiger partial charge in [-0.3, -0.25) is 9.69 Å². The molecular weight excluding hydrogens is 288 g/mol. The first kappa shape index (κ1) is 15.2. The molecule has 2 heterocycles. The lowest BCUT2D eigenvalue weighted by Crippen LogP contribution is -2.64. The van der Waals surface area contributed by atoms with E-state index in [-0.39, 0.29) is 11.0 Å². The van der Waals surface area contributed by atoms with Crippen molar-refractivity contribution in [2.45, 2.75) is 44.4 Å². The van der Waals surface area contributed by atoms with Crippen LogP contribution in [0.1, 0.15) is 31.7 Å². The average Bonchev–Trinajstić information content (AvgIpc) is 3.11. The Morgan fingerprint density at radius 1 is 1.30 bits per heavy atom. The number of amides is 1. The summed E-state index contributed by atoms with van der Waals surface area (Å²) in [5.74, 6) is 0.341. The summed E-state index contributed by atoms with van der Waals surface area (Å²) in [5.41, 5.74) is 1.21. The van der Waals surface area contributed by atoms with E-state index in [0.717, 1.165) is 45.5 Å². The average molecular weight is 314 g/mol. The molecule has 1 unspecified atom stereocenters. The van der Waals surface area contributed by atoms with Crippen LogP contribution in [-0.2, 0) is 16.1 Å². The summed E-state index contributed by atoms with van der Waals surface area (Å²) < 4.78 is 6.13. The molecule has 124 valence electrons. The fraction of sp³-hybridized carbons (Fsp3) is 0.632. The molecule has 4 rings (SSSR count). The highest BCUT2D eigenvalue weighted by atomic mass is 16.5. The van der Waals surface area contributed by atoms with Crippen molar-refractivity contribution < 1.29 is 9.53 Å². The van der Waals surface area contributed by atoms with Gasteiger partial charge in [-0.2, -0.15) is 0 Å². The van der Waals surface area contributed by atoms with E-state index in [2.05, 4.69) is 49.2 Å². The lowest BCUT2D eigenvalue weighted by Gasteiger charge is -2.48. The molecule has 1 saturated carbocycles. The van der Waals surface area contributed by atoms with E-state index in [1.54, 1.807) is 0 Å². The molecule has 0 radical (unpaired) electrons. The zero-order valence-electron chi connectivity index (χ0n) is 14.1. The first-order chi connectivity index (χ1) is 11.0. The highest BCUT2D eigenvalue weighted by Gasteiger charge is 2.56. The summed E-state index contributed by atoms with van der Waals surface area (Å²) in [6.07, 6.45) is 3.15. The molecule has 4 heteroatoms. The van der Waals surface area contributed by atoms with Crippen LogP contribution in [-0.4, -0.2) is 54.1 Å². The first-order valence-electron chi connectivity index (χ1n) is 8.67. The summed E-state index contributed by atoms with van der Waals surface area (Å²) in [7, 11) is 2.17. The number of likely N-dealkylation sites (tertiary alicyclic amines) is 1. The van der Waals surface area contributed by atoms with Gasteiger partial charge >= 0.3 is 0 Å². The Kier molecular flexibility index (Phi) is 3.50. The fourth-order valence-corrected chi connectivity index (χ4v) is 3.90. The van der Waals surface area contributed by atoms with E-state index in [0.29, 0.717) is 11.9 Å². The maximum Gasteiger partial charge on any atom is 0.228 e. The van der Waals surface area contributed by atoms with Crippen molar-refractivity contribution in [3.8, 4) is 0 Å². The van der Waals surface area contributed by atoms with Crippen molar-refractivity contribution in [1.82, 2.24) is 9.80 Å². The molecular formula is C19H26N2O2. The molecule has 2 saturated heterocycles. The van der Waals surface area contributed by atoms with Crippen LogP contribution >= 0.6 is 0 Å². The third-order valence-corrected chi connectivity index (χ3v) is 5.85. The third-order valence-electron chi connectivity index (χ3n) is 5.85. The van der Waals surface area contributed by atoms with Gasteiger partial charge in [0.05, 0.1) is 19.7 Å². The van der Waals surface area contributed by atoms with Gasteiger partial charge in [-0.05, 0) is 31.9 Å². The lowest BCUT2D eigenvalue weighted by atomic mass is 9.87.